The molecule has 1 aliphatic heterocycles. The van der Waals surface area contributed by atoms with Crippen molar-refractivity contribution in [1.29, 1.82) is 0 Å². The standard InChI is InChI=1S/C25H23N3O5S/c1-3-33-21-11-9-20(10-12-21)27-23(29)15-34-25(27)18-5-4-6-19(13-18)26-24(30)17-8-7-16(2)22(14-17)28(31)32/h4-14,25H,3,15H2,1-2H3,(H,26,30)/t25-/m0/s1. The molecule has 0 aromatic heterocycles. The van der Waals surface area contributed by atoms with Gasteiger partial charge in [-0.3, -0.25) is 24.6 Å². The summed E-state index contributed by atoms with van der Waals surface area (Å²) in [5.74, 6) is 0.643. The summed E-state index contributed by atoms with van der Waals surface area (Å²) in [6.45, 7) is 4.10. The molecule has 0 saturated carbocycles. The lowest BCUT2D eigenvalue weighted by Crippen LogP contribution is -2.27. The molecule has 0 spiro atoms. The average molecular weight is 478 g/mol. The highest BCUT2D eigenvalue weighted by Gasteiger charge is 2.34. The number of benzene rings is 3. The molecule has 1 fully saturated rings. The molecule has 1 N–H and O–H groups in total. The number of ether oxygens (including phenoxy) is 1. The van der Waals surface area contributed by atoms with E-state index in [1.54, 1.807) is 30.0 Å². The number of nitrogens with one attached hydrogen (secondary N) is 1. The maximum Gasteiger partial charge on any atom is 0.273 e. The Balaban J connectivity index is 1.55. The number of hydrogen-bond donors (Lipinski definition) is 1. The first-order chi connectivity index (χ1) is 16.4. The number of aryl methyl sites for hydroxylation is 1. The second kappa shape index (κ2) is 9.96. The number of anilines is 2. The maximum absolute atomic E-state index is 12.7. The molecule has 1 saturated heterocycles. The number of rotatable bonds is 7. The molecule has 1 aliphatic rings. The number of nitrogens with zero attached hydrogens (tertiary/aromatic N) is 2. The highest BCUT2D eigenvalue weighted by atomic mass is 32.2. The van der Waals surface area contributed by atoms with E-state index in [1.165, 1.54) is 17.8 Å². The lowest BCUT2D eigenvalue weighted by Gasteiger charge is -2.25. The molecule has 0 bridgehead atoms. The molecule has 9 heteroatoms. The van der Waals surface area contributed by atoms with Gasteiger partial charge >= 0.3 is 0 Å². The lowest BCUT2D eigenvalue weighted by molar-refractivity contribution is -0.385. The van der Waals surface area contributed by atoms with Gasteiger partial charge in [0.05, 0.1) is 17.3 Å². The lowest BCUT2D eigenvalue weighted by atomic mass is 10.1. The van der Waals surface area contributed by atoms with Gasteiger partial charge in [-0.1, -0.05) is 18.2 Å². The fourth-order valence-corrected chi connectivity index (χ4v) is 4.91. The third kappa shape index (κ3) is 4.89. The van der Waals surface area contributed by atoms with Crippen molar-refractivity contribution >= 4 is 40.6 Å². The van der Waals surface area contributed by atoms with E-state index in [-0.39, 0.29) is 22.5 Å². The molecule has 8 nitrogen and oxygen atoms in total. The van der Waals surface area contributed by atoms with Crippen molar-refractivity contribution in [3.63, 3.8) is 0 Å². The van der Waals surface area contributed by atoms with E-state index in [9.17, 15) is 19.7 Å². The zero-order valence-electron chi connectivity index (χ0n) is 18.7. The first-order valence-corrected chi connectivity index (χ1v) is 11.7. The van der Waals surface area contributed by atoms with E-state index in [0.29, 0.717) is 23.6 Å². The second-order valence-corrected chi connectivity index (χ2v) is 8.76. The van der Waals surface area contributed by atoms with Crippen LogP contribution in [0, 0.1) is 17.0 Å². The van der Waals surface area contributed by atoms with Gasteiger partial charge in [0.15, 0.2) is 0 Å². The van der Waals surface area contributed by atoms with Crippen LogP contribution in [0.25, 0.3) is 0 Å². The number of carbonyl (C=O) groups is 2. The number of hydrogen-bond acceptors (Lipinski definition) is 6. The van der Waals surface area contributed by atoms with Gasteiger partial charge in [-0.25, -0.2) is 0 Å². The first-order valence-electron chi connectivity index (χ1n) is 10.7. The monoisotopic (exact) mass is 477 g/mol. The Morgan fingerprint density at radius 1 is 1.18 bits per heavy atom. The van der Waals surface area contributed by atoms with Gasteiger partial charge in [0, 0.05) is 28.6 Å². The number of thioether (sulfide) groups is 1. The van der Waals surface area contributed by atoms with Gasteiger partial charge in [0.25, 0.3) is 11.6 Å². The van der Waals surface area contributed by atoms with Crippen LogP contribution in [0.2, 0.25) is 0 Å². The van der Waals surface area contributed by atoms with E-state index in [1.807, 2.05) is 49.4 Å². The molecule has 2 amide bonds. The number of nitro groups is 1. The predicted octanol–water partition coefficient (Wildman–Crippen LogP) is 5.33. The number of amides is 2. The van der Waals surface area contributed by atoms with Gasteiger partial charge in [0.1, 0.15) is 11.1 Å². The summed E-state index contributed by atoms with van der Waals surface area (Å²) < 4.78 is 5.49. The summed E-state index contributed by atoms with van der Waals surface area (Å²) in [5, 5.41) is 13.8. The average Bonchev–Trinajstić information content (AvgIpc) is 3.21. The highest BCUT2D eigenvalue weighted by Crippen LogP contribution is 2.42. The van der Waals surface area contributed by atoms with Crippen LogP contribution in [0.4, 0.5) is 17.1 Å². The minimum Gasteiger partial charge on any atom is -0.494 e. The number of nitro benzene ring substituents is 1. The summed E-state index contributed by atoms with van der Waals surface area (Å²) in [7, 11) is 0. The highest BCUT2D eigenvalue weighted by molar-refractivity contribution is 8.00. The molecule has 4 rings (SSSR count). The molecule has 34 heavy (non-hydrogen) atoms. The Labute approximate surface area is 201 Å². The van der Waals surface area contributed by atoms with Crippen LogP contribution in [0.5, 0.6) is 5.75 Å². The first kappa shape index (κ1) is 23.3. The molecule has 0 radical (unpaired) electrons. The van der Waals surface area contributed by atoms with Crippen LogP contribution in [-0.2, 0) is 4.79 Å². The van der Waals surface area contributed by atoms with Crippen molar-refractivity contribution in [1.82, 2.24) is 0 Å². The predicted molar refractivity (Wildman–Crippen MR) is 133 cm³/mol. The fraction of sp³-hybridized carbons (Fsp3) is 0.200. The molecule has 0 aliphatic carbocycles. The van der Waals surface area contributed by atoms with Crippen LogP contribution < -0.4 is 15.0 Å². The summed E-state index contributed by atoms with van der Waals surface area (Å²) in [5.41, 5.74) is 2.75. The summed E-state index contributed by atoms with van der Waals surface area (Å²) >= 11 is 1.51. The summed E-state index contributed by atoms with van der Waals surface area (Å²) in [6.07, 6.45) is 0. The van der Waals surface area contributed by atoms with E-state index >= 15 is 0 Å². The minimum atomic E-state index is -0.503. The van der Waals surface area contributed by atoms with Gasteiger partial charge in [-0.15, -0.1) is 11.8 Å². The molecule has 1 heterocycles. The van der Waals surface area contributed by atoms with Gasteiger partial charge in [-0.2, -0.15) is 0 Å². The fourth-order valence-electron chi connectivity index (χ4n) is 3.74. The number of carbonyl (C=O) groups excluding carboxylic acids is 2. The molecular weight excluding hydrogens is 454 g/mol. The summed E-state index contributed by atoms with van der Waals surface area (Å²) in [6, 6.07) is 19.0. The van der Waals surface area contributed by atoms with E-state index in [0.717, 1.165) is 17.0 Å². The van der Waals surface area contributed by atoms with Gasteiger partial charge in [-0.05, 0) is 61.9 Å². The molecule has 0 unspecified atom stereocenters. The van der Waals surface area contributed by atoms with Crippen LogP contribution in [-0.4, -0.2) is 29.1 Å². The Morgan fingerprint density at radius 3 is 2.65 bits per heavy atom. The quantitative estimate of drug-likeness (QED) is 0.364. The van der Waals surface area contributed by atoms with Crippen molar-refractivity contribution < 1.29 is 19.2 Å². The third-order valence-corrected chi connectivity index (χ3v) is 6.60. The van der Waals surface area contributed by atoms with Crippen LogP contribution in [0.3, 0.4) is 0 Å². The van der Waals surface area contributed by atoms with Crippen LogP contribution >= 0.6 is 11.8 Å². The Kier molecular flexibility index (Phi) is 6.83. The molecule has 3 aromatic carbocycles. The SMILES string of the molecule is CCOc1ccc(N2C(=O)CS[C@H]2c2cccc(NC(=O)c3ccc(C)c([N+](=O)[O-])c3)c2)cc1. The van der Waals surface area contributed by atoms with Crippen molar-refractivity contribution in [2.45, 2.75) is 19.2 Å². The Bertz CT molecular complexity index is 1250. The van der Waals surface area contributed by atoms with Crippen molar-refractivity contribution in [2.24, 2.45) is 0 Å². The largest absolute Gasteiger partial charge is 0.494 e. The van der Waals surface area contributed by atoms with E-state index < -0.39 is 10.8 Å². The summed E-state index contributed by atoms with van der Waals surface area (Å²) in [4.78, 5) is 37.9. The smallest absolute Gasteiger partial charge is 0.273 e. The topological polar surface area (TPSA) is 102 Å². The second-order valence-electron chi connectivity index (χ2n) is 7.69. The molecule has 1 atom stereocenters. The van der Waals surface area contributed by atoms with Crippen molar-refractivity contribution in [2.75, 3.05) is 22.6 Å². The maximum atomic E-state index is 12.7. The van der Waals surface area contributed by atoms with Crippen molar-refractivity contribution in [3.8, 4) is 5.75 Å². The van der Waals surface area contributed by atoms with E-state index in [4.69, 9.17) is 4.74 Å². The van der Waals surface area contributed by atoms with Gasteiger partial charge in [0.2, 0.25) is 5.91 Å². The molecule has 3 aromatic rings. The minimum absolute atomic E-state index is 0.000522. The third-order valence-electron chi connectivity index (χ3n) is 5.39. The Hall–Kier alpha value is -3.85. The molecular formula is C25H23N3O5S. The zero-order valence-corrected chi connectivity index (χ0v) is 19.5. The Morgan fingerprint density at radius 2 is 1.94 bits per heavy atom. The van der Waals surface area contributed by atoms with Gasteiger partial charge < -0.3 is 10.1 Å². The molecule has 174 valence electrons. The van der Waals surface area contributed by atoms with Crippen LogP contribution in [0.1, 0.15) is 33.8 Å². The zero-order chi connectivity index (χ0) is 24.2. The van der Waals surface area contributed by atoms with Crippen LogP contribution in [0.15, 0.2) is 66.7 Å². The van der Waals surface area contributed by atoms with E-state index in [2.05, 4.69) is 5.32 Å². The normalized spacial score (nSPS) is 15.3. The van der Waals surface area contributed by atoms with Crippen molar-refractivity contribution in [3.05, 3.63) is 93.5 Å².